The topological polar surface area (TPSA) is 9.23 Å². The Labute approximate surface area is 114 Å². The largest absolute Gasteiger partial charge is 0.381 e. The first-order chi connectivity index (χ1) is 8.74. The molecule has 2 aliphatic carbocycles. The van der Waals surface area contributed by atoms with E-state index in [1.807, 2.05) is 7.11 Å². The average Bonchev–Trinajstić information content (AvgIpc) is 2.40. The predicted octanol–water partition coefficient (Wildman–Crippen LogP) is 5.04. The highest BCUT2D eigenvalue weighted by molar-refractivity contribution is 4.85. The van der Waals surface area contributed by atoms with Gasteiger partial charge in [0.25, 0.3) is 0 Å². The molecule has 0 aromatic rings. The maximum atomic E-state index is 5.50. The summed E-state index contributed by atoms with van der Waals surface area (Å²) in [4.78, 5) is 0. The van der Waals surface area contributed by atoms with E-state index in [0.29, 0.717) is 6.10 Å². The van der Waals surface area contributed by atoms with Gasteiger partial charge in [0.05, 0.1) is 6.10 Å². The van der Waals surface area contributed by atoms with Crippen LogP contribution < -0.4 is 0 Å². The molecule has 1 nitrogen and oxygen atoms in total. The molecule has 3 unspecified atom stereocenters. The van der Waals surface area contributed by atoms with Crippen molar-refractivity contribution in [1.29, 1.82) is 0 Å². The Bertz CT molecular complexity index is 230. The van der Waals surface area contributed by atoms with E-state index in [2.05, 4.69) is 13.8 Å². The Morgan fingerprint density at radius 2 is 1.72 bits per heavy atom. The smallest absolute Gasteiger partial charge is 0.0571 e. The standard InChI is InChI=1S/C17H32O/c1-4-5-14-6-11-17(13(2)12-14)15-7-9-16(18-3)10-8-15/h13-17H,4-12H2,1-3H3/t13?,14?,15-,16-,17?. The molecule has 0 heterocycles. The molecular weight excluding hydrogens is 220 g/mol. The summed E-state index contributed by atoms with van der Waals surface area (Å²) in [6.45, 7) is 4.86. The van der Waals surface area contributed by atoms with Crippen LogP contribution in [0.1, 0.15) is 71.6 Å². The van der Waals surface area contributed by atoms with Gasteiger partial charge < -0.3 is 4.74 Å². The van der Waals surface area contributed by atoms with E-state index in [9.17, 15) is 0 Å². The van der Waals surface area contributed by atoms with Gasteiger partial charge in [-0.25, -0.2) is 0 Å². The predicted molar refractivity (Wildman–Crippen MR) is 77.7 cm³/mol. The summed E-state index contributed by atoms with van der Waals surface area (Å²) in [5, 5.41) is 0. The lowest BCUT2D eigenvalue weighted by atomic mass is 9.65. The van der Waals surface area contributed by atoms with Gasteiger partial charge in [0.15, 0.2) is 0 Å². The van der Waals surface area contributed by atoms with Crippen molar-refractivity contribution in [2.45, 2.75) is 77.7 Å². The zero-order chi connectivity index (χ0) is 13.0. The summed E-state index contributed by atoms with van der Waals surface area (Å²) in [6, 6.07) is 0. The second-order valence-electron chi connectivity index (χ2n) is 6.88. The van der Waals surface area contributed by atoms with Crippen molar-refractivity contribution in [3.8, 4) is 0 Å². The highest BCUT2D eigenvalue weighted by Gasteiger charge is 2.34. The monoisotopic (exact) mass is 252 g/mol. The van der Waals surface area contributed by atoms with Crippen molar-refractivity contribution in [2.24, 2.45) is 23.7 Å². The highest BCUT2D eigenvalue weighted by atomic mass is 16.5. The SMILES string of the molecule is CCCC1CCC([C@H]2CC[C@H](OC)CC2)C(C)C1. The molecule has 0 bridgehead atoms. The Morgan fingerprint density at radius 3 is 2.28 bits per heavy atom. The third kappa shape index (κ3) is 3.50. The average molecular weight is 252 g/mol. The van der Waals surface area contributed by atoms with Crippen molar-refractivity contribution in [3.05, 3.63) is 0 Å². The van der Waals surface area contributed by atoms with Crippen LogP contribution in [0.15, 0.2) is 0 Å². The number of hydrogen-bond acceptors (Lipinski definition) is 1. The molecule has 0 spiro atoms. The first-order valence-corrected chi connectivity index (χ1v) is 8.27. The van der Waals surface area contributed by atoms with Crippen molar-refractivity contribution in [1.82, 2.24) is 0 Å². The van der Waals surface area contributed by atoms with Crippen LogP contribution in [0.4, 0.5) is 0 Å². The zero-order valence-electron chi connectivity index (χ0n) is 12.7. The molecule has 2 aliphatic rings. The minimum Gasteiger partial charge on any atom is -0.381 e. The fraction of sp³-hybridized carbons (Fsp3) is 1.00. The normalized spacial score (nSPS) is 41.8. The lowest BCUT2D eigenvalue weighted by molar-refractivity contribution is 0.0275. The molecule has 3 atom stereocenters. The van der Waals surface area contributed by atoms with Gasteiger partial charge in [0.1, 0.15) is 0 Å². The molecule has 0 aromatic carbocycles. The molecule has 18 heavy (non-hydrogen) atoms. The fourth-order valence-electron chi connectivity index (χ4n) is 4.65. The zero-order valence-corrected chi connectivity index (χ0v) is 12.7. The Kier molecular flexibility index (Phi) is 5.54. The van der Waals surface area contributed by atoms with Crippen LogP contribution in [0.5, 0.6) is 0 Å². The van der Waals surface area contributed by atoms with E-state index < -0.39 is 0 Å². The van der Waals surface area contributed by atoms with E-state index >= 15 is 0 Å². The second-order valence-corrected chi connectivity index (χ2v) is 6.88. The first kappa shape index (κ1) is 14.4. The third-order valence-corrected chi connectivity index (χ3v) is 5.70. The van der Waals surface area contributed by atoms with Crippen LogP contribution in [0.25, 0.3) is 0 Å². The minimum atomic E-state index is 0.563. The quantitative estimate of drug-likeness (QED) is 0.680. The van der Waals surface area contributed by atoms with Gasteiger partial charge in [-0.05, 0) is 62.2 Å². The summed E-state index contributed by atoms with van der Waals surface area (Å²) in [6.07, 6.45) is 13.4. The summed E-state index contributed by atoms with van der Waals surface area (Å²) in [5.41, 5.74) is 0. The molecule has 2 fully saturated rings. The maximum absolute atomic E-state index is 5.50. The van der Waals surface area contributed by atoms with Crippen molar-refractivity contribution in [3.63, 3.8) is 0 Å². The number of rotatable bonds is 4. The summed E-state index contributed by atoms with van der Waals surface area (Å²) in [7, 11) is 1.88. The third-order valence-electron chi connectivity index (χ3n) is 5.70. The van der Waals surface area contributed by atoms with Gasteiger partial charge >= 0.3 is 0 Å². The number of ether oxygens (including phenoxy) is 1. The summed E-state index contributed by atoms with van der Waals surface area (Å²) in [5.74, 6) is 4.04. The molecule has 0 amide bonds. The highest BCUT2D eigenvalue weighted by Crippen LogP contribution is 2.44. The van der Waals surface area contributed by atoms with Crippen molar-refractivity contribution >= 4 is 0 Å². The molecule has 0 N–H and O–H groups in total. The van der Waals surface area contributed by atoms with E-state index in [0.717, 1.165) is 23.7 Å². The molecule has 0 aromatic heterocycles. The Balaban J connectivity index is 1.80. The number of hydrogen-bond donors (Lipinski definition) is 0. The molecule has 2 saturated carbocycles. The minimum absolute atomic E-state index is 0.563. The van der Waals surface area contributed by atoms with E-state index in [4.69, 9.17) is 4.74 Å². The Morgan fingerprint density at radius 1 is 1.00 bits per heavy atom. The molecule has 0 aliphatic heterocycles. The van der Waals surface area contributed by atoms with Crippen LogP contribution in [0, 0.1) is 23.7 Å². The summed E-state index contributed by atoms with van der Waals surface area (Å²) >= 11 is 0. The first-order valence-electron chi connectivity index (χ1n) is 8.27. The van der Waals surface area contributed by atoms with E-state index in [-0.39, 0.29) is 0 Å². The van der Waals surface area contributed by atoms with Crippen LogP contribution in [-0.2, 0) is 4.74 Å². The van der Waals surface area contributed by atoms with Gasteiger partial charge in [-0.2, -0.15) is 0 Å². The lowest BCUT2D eigenvalue weighted by Gasteiger charge is -2.41. The molecule has 2 rings (SSSR count). The maximum Gasteiger partial charge on any atom is 0.0571 e. The van der Waals surface area contributed by atoms with Crippen molar-refractivity contribution < 1.29 is 4.74 Å². The fourth-order valence-corrected chi connectivity index (χ4v) is 4.65. The van der Waals surface area contributed by atoms with Gasteiger partial charge in [0, 0.05) is 7.11 Å². The van der Waals surface area contributed by atoms with Crippen LogP contribution in [-0.4, -0.2) is 13.2 Å². The van der Waals surface area contributed by atoms with E-state index in [1.54, 1.807) is 0 Å². The molecule has 0 saturated heterocycles. The van der Waals surface area contributed by atoms with Crippen LogP contribution in [0.3, 0.4) is 0 Å². The summed E-state index contributed by atoms with van der Waals surface area (Å²) < 4.78 is 5.50. The lowest BCUT2D eigenvalue weighted by Crippen LogP contribution is -2.32. The van der Waals surface area contributed by atoms with Gasteiger partial charge in [-0.15, -0.1) is 0 Å². The van der Waals surface area contributed by atoms with Gasteiger partial charge in [0.2, 0.25) is 0 Å². The van der Waals surface area contributed by atoms with Gasteiger partial charge in [-0.3, -0.25) is 0 Å². The second kappa shape index (κ2) is 6.93. The van der Waals surface area contributed by atoms with Crippen LogP contribution in [0.2, 0.25) is 0 Å². The van der Waals surface area contributed by atoms with E-state index in [1.165, 1.54) is 57.8 Å². The van der Waals surface area contributed by atoms with Gasteiger partial charge in [-0.1, -0.05) is 33.1 Å². The molecule has 0 radical (unpaired) electrons. The molecule has 1 heteroatoms. The Hall–Kier alpha value is -0.0400. The molecule has 106 valence electrons. The van der Waals surface area contributed by atoms with Crippen LogP contribution >= 0.6 is 0 Å². The number of methoxy groups -OCH3 is 1. The van der Waals surface area contributed by atoms with Crippen molar-refractivity contribution in [2.75, 3.05) is 7.11 Å². The molecular formula is C17H32O.